The molecule has 0 spiro atoms. The summed E-state index contributed by atoms with van der Waals surface area (Å²) in [6.07, 6.45) is 3.94. The van der Waals surface area contributed by atoms with Crippen molar-refractivity contribution in [3.05, 3.63) is 11.9 Å². The molecule has 6 heteroatoms. The number of carbonyl (C=O) groups excluding carboxylic acids is 1. The summed E-state index contributed by atoms with van der Waals surface area (Å²) in [5, 5.41) is 3.43. The molecule has 1 aromatic rings. The summed E-state index contributed by atoms with van der Waals surface area (Å²) in [4.78, 5) is 24.7. The van der Waals surface area contributed by atoms with Crippen LogP contribution in [0.1, 0.15) is 45.2 Å². The number of hydrogen-bond acceptors (Lipinski definition) is 5. The van der Waals surface area contributed by atoms with E-state index in [1.54, 1.807) is 6.92 Å². The van der Waals surface area contributed by atoms with E-state index in [4.69, 9.17) is 4.98 Å². The average Bonchev–Trinajstić information content (AvgIpc) is 2.47. The number of amides is 1. The average molecular weight is 305 g/mol. The van der Waals surface area contributed by atoms with Crippen LogP contribution in [0.15, 0.2) is 6.20 Å². The van der Waals surface area contributed by atoms with Gasteiger partial charge in [0.15, 0.2) is 0 Å². The monoisotopic (exact) mass is 305 g/mol. The number of likely N-dealkylation sites (tertiary alicyclic amines) is 1. The molecule has 1 aliphatic heterocycles. The molecule has 6 nitrogen and oxygen atoms in total. The molecule has 1 atom stereocenters. The van der Waals surface area contributed by atoms with Gasteiger partial charge < -0.3 is 15.1 Å². The molecule has 0 radical (unpaired) electrons. The van der Waals surface area contributed by atoms with Gasteiger partial charge in [-0.3, -0.25) is 4.79 Å². The zero-order valence-electron chi connectivity index (χ0n) is 14.3. The highest BCUT2D eigenvalue weighted by Crippen LogP contribution is 2.31. The molecule has 0 aliphatic carbocycles. The lowest BCUT2D eigenvalue weighted by Crippen LogP contribution is -2.38. The SMILES string of the molecule is CC(=O)N1CCCC(c2nc(N(C)C)ncc2NC(C)C)C1. The van der Waals surface area contributed by atoms with Gasteiger partial charge in [-0.1, -0.05) is 0 Å². The first kappa shape index (κ1) is 16.5. The van der Waals surface area contributed by atoms with E-state index >= 15 is 0 Å². The fourth-order valence-corrected chi connectivity index (χ4v) is 2.82. The summed E-state index contributed by atoms with van der Waals surface area (Å²) in [6.45, 7) is 7.44. The Kier molecular flexibility index (Phi) is 5.21. The molecule has 1 aromatic heterocycles. The van der Waals surface area contributed by atoms with Crippen LogP contribution in [0, 0.1) is 0 Å². The number of piperidine rings is 1. The standard InChI is InChI=1S/C16H27N5O/c1-11(2)18-14-9-17-16(20(4)5)19-15(14)13-7-6-8-21(10-13)12(3)22/h9,11,13,18H,6-8,10H2,1-5H3. The van der Waals surface area contributed by atoms with Crippen LogP contribution < -0.4 is 10.2 Å². The largest absolute Gasteiger partial charge is 0.380 e. The predicted octanol–water partition coefficient (Wildman–Crippen LogP) is 2.09. The van der Waals surface area contributed by atoms with E-state index in [9.17, 15) is 4.79 Å². The lowest BCUT2D eigenvalue weighted by atomic mass is 9.93. The predicted molar refractivity (Wildman–Crippen MR) is 89.3 cm³/mol. The third kappa shape index (κ3) is 3.87. The van der Waals surface area contributed by atoms with Gasteiger partial charge in [0.1, 0.15) is 0 Å². The van der Waals surface area contributed by atoms with Crippen molar-refractivity contribution in [1.82, 2.24) is 14.9 Å². The van der Waals surface area contributed by atoms with E-state index < -0.39 is 0 Å². The van der Waals surface area contributed by atoms with Gasteiger partial charge >= 0.3 is 0 Å². The molecular formula is C16H27N5O. The number of nitrogens with one attached hydrogen (secondary N) is 1. The lowest BCUT2D eigenvalue weighted by molar-refractivity contribution is -0.130. The van der Waals surface area contributed by atoms with E-state index in [2.05, 4.69) is 24.1 Å². The minimum atomic E-state index is 0.143. The lowest BCUT2D eigenvalue weighted by Gasteiger charge is -2.33. The molecule has 1 fully saturated rings. The first-order chi connectivity index (χ1) is 10.4. The highest BCUT2D eigenvalue weighted by molar-refractivity contribution is 5.73. The third-order valence-corrected chi connectivity index (χ3v) is 3.90. The molecule has 22 heavy (non-hydrogen) atoms. The molecule has 0 bridgehead atoms. The van der Waals surface area contributed by atoms with Crippen molar-refractivity contribution in [2.75, 3.05) is 37.4 Å². The first-order valence-electron chi connectivity index (χ1n) is 7.94. The van der Waals surface area contributed by atoms with Gasteiger partial charge in [0, 0.05) is 46.1 Å². The van der Waals surface area contributed by atoms with Crippen LogP contribution in [0.25, 0.3) is 0 Å². The maximum absolute atomic E-state index is 11.7. The van der Waals surface area contributed by atoms with E-state index in [-0.39, 0.29) is 11.8 Å². The topological polar surface area (TPSA) is 61.4 Å². The van der Waals surface area contributed by atoms with Crippen molar-refractivity contribution < 1.29 is 4.79 Å². The first-order valence-corrected chi connectivity index (χ1v) is 7.94. The number of carbonyl (C=O) groups is 1. The second kappa shape index (κ2) is 6.94. The Bertz CT molecular complexity index is 529. The molecule has 1 unspecified atom stereocenters. The Morgan fingerprint density at radius 1 is 1.45 bits per heavy atom. The van der Waals surface area contributed by atoms with Crippen LogP contribution in [-0.4, -0.2) is 54.0 Å². The van der Waals surface area contributed by atoms with Gasteiger partial charge in [-0.2, -0.15) is 0 Å². The Morgan fingerprint density at radius 3 is 2.77 bits per heavy atom. The second-order valence-corrected chi connectivity index (χ2v) is 6.47. The highest BCUT2D eigenvalue weighted by atomic mass is 16.2. The molecule has 2 rings (SSSR count). The summed E-state index contributed by atoms with van der Waals surface area (Å²) >= 11 is 0. The van der Waals surface area contributed by atoms with Crippen LogP contribution in [0.5, 0.6) is 0 Å². The minimum Gasteiger partial charge on any atom is -0.380 e. The van der Waals surface area contributed by atoms with Crippen LogP contribution >= 0.6 is 0 Å². The molecule has 122 valence electrons. The summed E-state index contributed by atoms with van der Waals surface area (Å²) in [5.41, 5.74) is 2.01. The Balaban J connectivity index is 2.32. The fourth-order valence-electron chi connectivity index (χ4n) is 2.82. The quantitative estimate of drug-likeness (QED) is 0.923. The zero-order valence-corrected chi connectivity index (χ0v) is 14.3. The Hall–Kier alpha value is -1.85. The number of aromatic nitrogens is 2. The van der Waals surface area contributed by atoms with Gasteiger partial charge in [-0.05, 0) is 26.7 Å². The number of rotatable bonds is 4. The zero-order chi connectivity index (χ0) is 16.3. The molecule has 0 saturated carbocycles. The second-order valence-electron chi connectivity index (χ2n) is 6.47. The van der Waals surface area contributed by atoms with Crippen molar-refractivity contribution in [2.24, 2.45) is 0 Å². The van der Waals surface area contributed by atoms with Crippen molar-refractivity contribution in [3.8, 4) is 0 Å². The maximum atomic E-state index is 11.7. The molecule has 0 aromatic carbocycles. The smallest absolute Gasteiger partial charge is 0.225 e. The molecular weight excluding hydrogens is 278 g/mol. The highest BCUT2D eigenvalue weighted by Gasteiger charge is 2.26. The number of nitrogens with zero attached hydrogens (tertiary/aromatic N) is 4. The fraction of sp³-hybridized carbons (Fsp3) is 0.688. The summed E-state index contributed by atoms with van der Waals surface area (Å²) < 4.78 is 0. The van der Waals surface area contributed by atoms with Gasteiger partial charge in [0.25, 0.3) is 0 Å². The van der Waals surface area contributed by atoms with Crippen molar-refractivity contribution >= 4 is 17.5 Å². The molecule has 1 amide bonds. The third-order valence-electron chi connectivity index (χ3n) is 3.90. The summed E-state index contributed by atoms with van der Waals surface area (Å²) in [6, 6.07) is 0.319. The van der Waals surface area contributed by atoms with Crippen LogP contribution in [0.3, 0.4) is 0 Å². The van der Waals surface area contributed by atoms with E-state index in [1.807, 2.05) is 30.1 Å². The molecule has 1 aliphatic rings. The van der Waals surface area contributed by atoms with Gasteiger partial charge in [0.2, 0.25) is 11.9 Å². The van der Waals surface area contributed by atoms with E-state index in [1.165, 1.54) is 0 Å². The Morgan fingerprint density at radius 2 is 2.18 bits per heavy atom. The van der Waals surface area contributed by atoms with E-state index in [0.717, 1.165) is 37.3 Å². The van der Waals surface area contributed by atoms with Gasteiger partial charge in [-0.15, -0.1) is 0 Å². The van der Waals surface area contributed by atoms with Crippen LogP contribution in [0.2, 0.25) is 0 Å². The van der Waals surface area contributed by atoms with Crippen molar-refractivity contribution in [1.29, 1.82) is 0 Å². The van der Waals surface area contributed by atoms with Crippen molar-refractivity contribution in [3.63, 3.8) is 0 Å². The van der Waals surface area contributed by atoms with Crippen LogP contribution in [-0.2, 0) is 4.79 Å². The summed E-state index contributed by atoms with van der Waals surface area (Å²) in [7, 11) is 3.88. The normalized spacial score (nSPS) is 18.5. The van der Waals surface area contributed by atoms with E-state index in [0.29, 0.717) is 12.0 Å². The maximum Gasteiger partial charge on any atom is 0.225 e. The van der Waals surface area contributed by atoms with Crippen molar-refractivity contribution in [2.45, 2.75) is 45.6 Å². The Labute approximate surface area is 132 Å². The molecule has 2 heterocycles. The van der Waals surface area contributed by atoms with Gasteiger partial charge in [0.05, 0.1) is 17.6 Å². The van der Waals surface area contributed by atoms with Gasteiger partial charge in [-0.25, -0.2) is 9.97 Å². The number of hydrogen-bond donors (Lipinski definition) is 1. The molecule has 1 N–H and O–H groups in total. The number of anilines is 2. The minimum absolute atomic E-state index is 0.143. The molecule has 1 saturated heterocycles. The summed E-state index contributed by atoms with van der Waals surface area (Å²) in [5.74, 6) is 1.12. The van der Waals surface area contributed by atoms with Crippen LogP contribution in [0.4, 0.5) is 11.6 Å².